The summed E-state index contributed by atoms with van der Waals surface area (Å²) >= 11 is 3.70. The first-order chi connectivity index (χ1) is 22.7. The van der Waals surface area contributed by atoms with E-state index in [4.69, 9.17) is 19.7 Å². The predicted octanol–water partition coefficient (Wildman–Crippen LogP) is 10.8. The zero-order valence-electron chi connectivity index (χ0n) is 34.9. The van der Waals surface area contributed by atoms with E-state index in [9.17, 15) is 10.2 Å². The Bertz CT molecular complexity index is 1220. The quantitative estimate of drug-likeness (QED) is 0.157. The second-order valence-corrected chi connectivity index (χ2v) is 20.8. The van der Waals surface area contributed by atoms with E-state index < -0.39 is 6.10 Å². The number of hydrogen-bond acceptors (Lipinski definition) is 8. The molecule has 0 saturated carbocycles. The van der Waals surface area contributed by atoms with Gasteiger partial charge in [-0.15, -0.1) is 23.5 Å². The predicted molar refractivity (Wildman–Crippen MR) is 218 cm³/mol. The van der Waals surface area contributed by atoms with Crippen molar-refractivity contribution in [2.24, 2.45) is 0 Å². The van der Waals surface area contributed by atoms with E-state index in [-0.39, 0.29) is 38.4 Å². The summed E-state index contributed by atoms with van der Waals surface area (Å²) in [7, 11) is 0. The van der Waals surface area contributed by atoms with Gasteiger partial charge in [0.2, 0.25) is 0 Å². The van der Waals surface area contributed by atoms with Gasteiger partial charge in [0, 0.05) is 45.3 Å². The molecule has 2 aromatic carbocycles. The number of benzene rings is 2. The van der Waals surface area contributed by atoms with Crippen LogP contribution in [0.5, 0.6) is 11.5 Å². The van der Waals surface area contributed by atoms with Crippen molar-refractivity contribution < 1.29 is 29.9 Å². The van der Waals surface area contributed by atoms with Gasteiger partial charge in [-0.3, -0.25) is 0 Å². The highest BCUT2D eigenvalue weighted by Crippen LogP contribution is 2.51. The number of hydrogen-bond donors (Lipinski definition) is 4. The highest BCUT2D eigenvalue weighted by Gasteiger charge is 2.35. The Morgan fingerprint density at radius 3 is 1.24 bits per heavy atom. The van der Waals surface area contributed by atoms with Gasteiger partial charge in [-0.25, -0.2) is 0 Å². The number of aliphatic hydroxyl groups excluding tert-OH is 3. The molecular weight excluding hydrogens is 665 g/mol. The normalized spacial score (nSPS) is 16.5. The lowest BCUT2D eigenvalue weighted by Crippen LogP contribution is -2.48. The minimum atomic E-state index is -0.462. The summed E-state index contributed by atoms with van der Waals surface area (Å²) in [6.07, 6.45) is 0.137. The van der Waals surface area contributed by atoms with Gasteiger partial charge in [0.05, 0.1) is 10.7 Å². The molecule has 0 aromatic heterocycles. The van der Waals surface area contributed by atoms with Crippen LogP contribution in [-0.4, -0.2) is 63.1 Å². The van der Waals surface area contributed by atoms with Crippen molar-refractivity contribution in [1.82, 2.24) is 0 Å². The molecule has 1 aliphatic rings. The molecule has 1 aliphatic heterocycles. The van der Waals surface area contributed by atoms with Crippen molar-refractivity contribution in [2.75, 3.05) is 26.4 Å². The van der Waals surface area contributed by atoms with Crippen LogP contribution in [0.3, 0.4) is 0 Å². The first kappa shape index (κ1) is 48.6. The van der Waals surface area contributed by atoms with Gasteiger partial charge in [-0.1, -0.05) is 104 Å². The molecule has 50 heavy (non-hydrogen) atoms. The zero-order valence-corrected chi connectivity index (χ0v) is 36.6. The highest BCUT2D eigenvalue weighted by molar-refractivity contribution is 8.18. The third-order valence-corrected chi connectivity index (χ3v) is 10.1. The van der Waals surface area contributed by atoms with E-state index in [0.717, 1.165) is 34.4 Å². The summed E-state index contributed by atoms with van der Waals surface area (Å²) in [4.78, 5) is 2.37. The van der Waals surface area contributed by atoms with Gasteiger partial charge < -0.3 is 29.9 Å². The molecule has 1 fully saturated rings. The van der Waals surface area contributed by atoms with Crippen LogP contribution in [0.1, 0.15) is 153 Å². The summed E-state index contributed by atoms with van der Waals surface area (Å²) in [5.41, 5.74) is 3.69. The fraction of sp³-hybridized carbons (Fsp3) is 0.714. The maximum Gasteiger partial charge on any atom is 0.126 e. The van der Waals surface area contributed by atoms with Gasteiger partial charge in [-0.05, 0) is 73.1 Å². The van der Waals surface area contributed by atoms with Crippen molar-refractivity contribution in [3.05, 3.63) is 46.5 Å². The third-order valence-electron chi connectivity index (χ3n) is 7.63. The largest absolute Gasteiger partial charge is 0.507 e. The number of aromatic hydroxyl groups is 1. The van der Waals surface area contributed by atoms with Crippen molar-refractivity contribution >= 4 is 23.5 Å². The Morgan fingerprint density at radius 1 is 0.680 bits per heavy atom. The van der Waals surface area contributed by atoms with Crippen LogP contribution in [-0.2, 0) is 26.4 Å². The standard InChI is InChI=1S/C35H54O4S2.C3H8O.C2H6O.C2H6/c1-31(2,3)23-15-21(16-24(29(23)37)32(4,5)6)40-35(13,14)41-22-17-25(33(7,8)9)30(26(18-22)34(10,11)12)39-20-28-27(36)19-38-28;1-2-3-4;1-2-3;1-2/h15-18,27-28,36-37H,19-20H2,1-14H3;4H,2-3H2,1H3;3H,2H2,1H3;1-2H3. The molecule has 3 rings (SSSR count). The van der Waals surface area contributed by atoms with Gasteiger partial charge in [0.1, 0.15) is 30.3 Å². The monoisotopic (exact) mass is 738 g/mol. The van der Waals surface area contributed by atoms with Crippen LogP contribution in [0.2, 0.25) is 0 Å². The van der Waals surface area contributed by atoms with Crippen LogP contribution in [0.15, 0.2) is 34.1 Å². The maximum absolute atomic E-state index is 11.2. The summed E-state index contributed by atoms with van der Waals surface area (Å²) in [6, 6.07) is 8.92. The summed E-state index contributed by atoms with van der Waals surface area (Å²) in [6.45, 7) is 39.8. The Labute approximate surface area is 315 Å². The average Bonchev–Trinajstić information content (AvgIpc) is 2.96. The lowest BCUT2D eigenvalue weighted by Gasteiger charge is -2.35. The molecule has 0 aliphatic carbocycles. The van der Waals surface area contributed by atoms with Crippen LogP contribution in [0.4, 0.5) is 0 Å². The van der Waals surface area contributed by atoms with Crippen LogP contribution in [0, 0.1) is 0 Å². The van der Waals surface area contributed by atoms with E-state index in [0.29, 0.717) is 25.6 Å². The SMILES string of the molecule is CC.CC(C)(Sc1cc(C(C)(C)C)c(O)c(C(C)(C)C)c1)Sc1cc(C(C)(C)C)c(OCC2OCC2O)c(C(C)(C)C)c1.CCCO.CCO. The number of rotatable bonds is 8. The molecule has 6 nitrogen and oxygen atoms in total. The number of phenols is 1. The first-order valence-electron chi connectivity index (χ1n) is 18.3. The fourth-order valence-electron chi connectivity index (χ4n) is 4.97. The topological polar surface area (TPSA) is 99.4 Å². The lowest BCUT2D eigenvalue weighted by atomic mass is 9.79. The molecule has 1 saturated heterocycles. The van der Waals surface area contributed by atoms with Crippen molar-refractivity contribution in [3.63, 3.8) is 0 Å². The Balaban J connectivity index is 0.00000240. The molecule has 2 aromatic rings. The molecule has 1 heterocycles. The van der Waals surface area contributed by atoms with Crippen molar-refractivity contribution in [2.45, 2.75) is 179 Å². The van der Waals surface area contributed by atoms with E-state index in [1.54, 1.807) is 6.92 Å². The molecule has 8 heteroatoms. The van der Waals surface area contributed by atoms with Crippen LogP contribution >= 0.6 is 23.5 Å². The molecule has 2 atom stereocenters. The van der Waals surface area contributed by atoms with E-state index in [1.807, 2.05) is 44.3 Å². The highest BCUT2D eigenvalue weighted by atomic mass is 32.2. The second-order valence-electron chi connectivity index (χ2n) is 17.1. The average molecular weight is 739 g/mol. The smallest absolute Gasteiger partial charge is 0.126 e. The maximum atomic E-state index is 11.2. The number of aliphatic hydroxyl groups is 3. The van der Waals surface area contributed by atoms with Crippen molar-refractivity contribution in [1.29, 1.82) is 0 Å². The zero-order chi connectivity index (χ0) is 39.5. The number of ether oxygens (including phenoxy) is 2. The molecule has 290 valence electrons. The fourth-order valence-corrected chi connectivity index (χ4v) is 7.56. The van der Waals surface area contributed by atoms with E-state index in [2.05, 4.69) is 121 Å². The van der Waals surface area contributed by atoms with Gasteiger partial charge in [0.15, 0.2) is 0 Å². The molecule has 0 radical (unpaired) electrons. The lowest BCUT2D eigenvalue weighted by molar-refractivity contribution is -0.173. The Morgan fingerprint density at radius 2 is 1.00 bits per heavy atom. The summed E-state index contributed by atoms with van der Waals surface area (Å²) < 4.78 is 11.8. The van der Waals surface area contributed by atoms with Crippen LogP contribution in [0.25, 0.3) is 0 Å². The minimum absolute atomic E-state index is 0.136. The van der Waals surface area contributed by atoms with Crippen molar-refractivity contribution in [3.8, 4) is 11.5 Å². The van der Waals surface area contributed by atoms with Crippen LogP contribution < -0.4 is 4.74 Å². The van der Waals surface area contributed by atoms with Gasteiger partial charge in [-0.2, -0.15) is 0 Å². The Hall–Kier alpha value is -1.42. The minimum Gasteiger partial charge on any atom is -0.507 e. The molecule has 0 spiro atoms. The van der Waals surface area contributed by atoms with Gasteiger partial charge in [0.25, 0.3) is 0 Å². The molecule has 4 N–H and O–H groups in total. The molecular formula is C42H74O6S2. The second kappa shape index (κ2) is 20.1. The number of phenolic OH excluding ortho intramolecular Hbond substituents is 1. The van der Waals surface area contributed by atoms with E-state index >= 15 is 0 Å². The molecule has 2 unspecified atom stereocenters. The van der Waals surface area contributed by atoms with Gasteiger partial charge >= 0.3 is 0 Å². The molecule has 0 amide bonds. The first-order valence-corrected chi connectivity index (χ1v) is 20.0. The third kappa shape index (κ3) is 15.3. The Kier molecular flexibility index (Phi) is 19.6. The summed E-state index contributed by atoms with van der Waals surface area (Å²) in [5, 5.41) is 36.7. The summed E-state index contributed by atoms with van der Waals surface area (Å²) in [5.74, 6) is 1.32. The van der Waals surface area contributed by atoms with E-state index in [1.165, 1.54) is 9.79 Å². The molecule has 0 bridgehead atoms. The number of thioether (sulfide) groups is 2.